The van der Waals surface area contributed by atoms with Gasteiger partial charge in [-0.2, -0.15) is 0 Å². The SMILES string of the molecule is c1ccc(-c2nc3ccccc3nc2-n2c3cccc4c5ccccc5c5cccc6oc7ccc2c(c7c65)c43)cc1. The Bertz CT molecular complexity index is 2680. The summed E-state index contributed by atoms with van der Waals surface area (Å²) in [6, 6.07) is 44.5. The third-order valence-corrected chi connectivity index (χ3v) is 8.73. The molecule has 0 radical (unpaired) electrons. The van der Waals surface area contributed by atoms with Gasteiger partial charge in [0.05, 0.1) is 22.1 Å². The van der Waals surface area contributed by atoms with Crippen LogP contribution in [-0.2, 0) is 0 Å². The molecule has 3 heterocycles. The maximum Gasteiger partial charge on any atom is 0.165 e. The minimum atomic E-state index is 0.817. The number of rotatable bonds is 2. The normalized spacial score (nSPS) is 12.3. The Hall–Kier alpha value is -5.74. The number of benzene rings is 6. The molecule has 0 amide bonds. The summed E-state index contributed by atoms with van der Waals surface area (Å²) in [6.07, 6.45) is 0. The average molecular weight is 536 g/mol. The van der Waals surface area contributed by atoms with E-state index in [0.29, 0.717) is 0 Å². The highest BCUT2D eigenvalue weighted by molar-refractivity contribution is 6.38. The quantitative estimate of drug-likeness (QED) is 0.221. The number of para-hydroxylation sites is 2. The Labute approximate surface area is 239 Å². The number of furan rings is 1. The van der Waals surface area contributed by atoms with Crippen LogP contribution in [0.1, 0.15) is 0 Å². The second-order valence-electron chi connectivity index (χ2n) is 10.9. The van der Waals surface area contributed by atoms with Crippen LogP contribution in [0.15, 0.2) is 132 Å². The predicted molar refractivity (Wildman–Crippen MR) is 173 cm³/mol. The van der Waals surface area contributed by atoms with Crippen LogP contribution in [0.2, 0.25) is 0 Å². The van der Waals surface area contributed by atoms with Gasteiger partial charge < -0.3 is 4.42 Å². The molecule has 0 aliphatic rings. The van der Waals surface area contributed by atoms with Crippen molar-refractivity contribution in [1.82, 2.24) is 14.5 Å². The second kappa shape index (κ2) is 7.93. The molecular weight excluding hydrogens is 514 g/mol. The third kappa shape index (κ3) is 2.76. The highest BCUT2D eigenvalue weighted by atomic mass is 16.3. The van der Waals surface area contributed by atoms with Gasteiger partial charge in [-0.1, -0.05) is 91.0 Å². The lowest BCUT2D eigenvalue weighted by atomic mass is 9.95. The van der Waals surface area contributed by atoms with E-state index >= 15 is 0 Å². The molecule has 0 aliphatic heterocycles. The molecule has 0 fully saturated rings. The van der Waals surface area contributed by atoms with Gasteiger partial charge in [-0.05, 0) is 57.9 Å². The van der Waals surface area contributed by atoms with E-state index in [1.54, 1.807) is 0 Å². The van der Waals surface area contributed by atoms with Gasteiger partial charge in [0.1, 0.15) is 16.9 Å². The molecule has 0 bridgehead atoms. The van der Waals surface area contributed by atoms with Crippen LogP contribution < -0.4 is 0 Å². The number of nitrogens with zero attached hydrogens (tertiary/aromatic N) is 3. The maximum absolute atomic E-state index is 6.52. The molecule has 3 aromatic heterocycles. The largest absolute Gasteiger partial charge is 0.456 e. The zero-order valence-electron chi connectivity index (χ0n) is 22.4. The van der Waals surface area contributed by atoms with Crippen molar-refractivity contribution in [3.05, 3.63) is 127 Å². The zero-order valence-corrected chi connectivity index (χ0v) is 22.4. The zero-order chi connectivity index (χ0) is 27.4. The summed E-state index contributed by atoms with van der Waals surface area (Å²) in [5, 5.41) is 9.53. The first kappa shape index (κ1) is 22.0. The van der Waals surface area contributed by atoms with Crippen LogP contribution in [-0.4, -0.2) is 14.5 Å². The van der Waals surface area contributed by atoms with Crippen molar-refractivity contribution in [3.63, 3.8) is 0 Å². The molecule has 7 aromatic carbocycles. The Morgan fingerprint density at radius 1 is 0.429 bits per heavy atom. The minimum Gasteiger partial charge on any atom is -0.456 e. The summed E-state index contributed by atoms with van der Waals surface area (Å²) < 4.78 is 8.83. The number of aromatic nitrogens is 3. The summed E-state index contributed by atoms with van der Waals surface area (Å²) in [7, 11) is 0. The molecule has 42 heavy (non-hydrogen) atoms. The molecule has 0 saturated heterocycles. The van der Waals surface area contributed by atoms with Gasteiger partial charge in [0, 0.05) is 27.1 Å². The number of hydrogen-bond donors (Lipinski definition) is 0. The summed E-state index contributed by atoms with van der Waals surface area (Å²) >= 11 is 0. The molecule has 4 heteroatoms. The van der Waals surface area contributed by atoms with Crippen molar-refractivity contribution >= 4 is 76.3 Å². The Kier molecular flexibility index (Phi) is 4.15. The van der Waals surface area contributed by atoms with Gasteiger partial charge in [-0.25, -0.2) is 9.97 Å². The fourth-order valence-corrected chi connectivity index (χ4v) is 7.02. The van der Waals surface area contributed by atoms with E-state index < -0.39 is 0 Å². The van der Waals surface area contributed by atoms with Crippen molar-refractivity contribution in [2.24, 2.45) is 0 Å². The van der Waals surface area contributed by atoms with Crippen molar-refractivity contribution in [2.75, 3.05) is 0 Å². The minimum absolute atomic E-state index is 0.817. The van der Waals surface area contributed by atoms with E-state index in [9.17, 15) is 0 Å². The molecule has 0 aliphatic carbocycles. The number of hydrogen-bond acceptors (Lipinski definition) is 3. The first-order valence-corrected chi connectivity index (χ1v) is 14.2. The highest BCUT2D eigenvalue weighted by Crippen LogP contribution is 2.47. The van der Waals surface area contributed by atoms with Crippen LogP contribution in [0.25, 0.3) is 93.4 Å². The van der Waals surface area contributed by atoms with Gasteiger partial charge in [0.25, 0.3) is 0 Å². The molecule has 0 saturated carbocycles. The molecule has 10 aromatic rings. The summed E-state index contributed by atoms with van der Waals surface area (Å²) in [4.78, 5) is 10.5. The molecule has 10 rings (SSSR count). The van der Waals surface area contributed by atoms with E-state index in [-0.39, 0.29) is 0 Å². The van der Waals surface area contributed by atoms with Crippen molar-refractivity contribution in [1.29, 1.82) is 0 Å². The second-order valence-corrected chi connectivity index (χ2v) is 10.9. The predicted octanol–water partition coefficient (Wildman–Crippen LogP) is 10.0. The van der Waals surface area contributed by atoms with Crippen molar-refractivity contribution in [2.45, 2.75) is 0 Å². The van der Waals surface area contributed by atoms with Gasteiger partial charge >= 0.3 is 0 Å². The van der Waals surface area contributed by atoms with Gasteiger partial charge in [-0.15, -0.1) is 0 Å². The van der Waals surface area contributed by atoms with Crippen LogP contribution in [0.3, 0.4) is 0 Å². The van der Waals surface area contributed by atoms with Crippen LogP contribution in [0.4, 0.5) is 0 Å². The van der Waals surface area contributed by atoms with Crippen molar-refractivity contribution in [3.8, 4) is 17.1 Å². The fraction of sp³-hybridized carbons (Fsp3) is 0. The Morgan fingerprint density at radius 3 is 1.86 bits per heavy atom. The lowest BCUT2D eigenvalue weighted by Crippen LogP contribution is -2.03. The average Bonchev–Trinajstić information content (AvgIpc) is 3.59. The topological polar surface area (TPSA) is 43.9 Å². The fourth-order valence-electron chi connectivity index (χ4n) is 7.02. The molecular formula is C38H21N3O. The van der Waals surface area contributed by atoms with Gasteiger partial charge in [-0.3, -0.25) is 4.57 Å². The van der Waals surface area contributed by atoms with Crippen LogP contribution in [0, 0.1) is 0 Å². The van der Waals surface area contributed by atoms with E-state index in [1.807, 2.05) is 30.3 Å². The van der Waals surface area contributed by atoms with E-state index in [0.717, 1.165) is 61.1 Å². The Morgan fingerprint density at radius 2 is 1.05 bits per heavy atom. The molecule has 194 valence electrons. The molecule has 0 spiro atoms. The van der Waals surface area contributed by atoms with E-state index in [4.69, 9.17) is 14.4 Å². The first-order chi connectivity index (χ1) is 20.8. The third-order valence-electron chi connectivity index (χ3n) is 8.73. The first-order valence-electron chi connectivity index (χ1n) is 14.2. The smallest absolute Gasteiger partial charge is 0.165 e. The summed E-state index contributed by atoms with van der Waals surface area (Å²) in [5.41, 5.74) is 7.61. The maximum atomic E-state index is 6.52. The standard InChI is InChI=1S/C38H21N3O/c1-2-10-22(11-3-1)37-38(40-28-17-7-6-16-27(28)39-37)41-29-18-8-14-25-23-12-4-5-13-24(23)26-15-9-19-31-34(26)36-32(42-31)21-20-30(41)35(36)33(25)29/h1-21H. The van der Waals surface area contributed by atoms with E-state index in [1.165, 1.54) is 32.3 Å². The van der Waals surface area contributed by atoms with Crippen LogP contribution >= 0.6 is 0 Å². The lowest BCUT2D eigenvalue weighted by Gasteiger charge is -2.13. The molecule has 0 N–H and O–H groups in total. The van der Waals surface area contributed by atoms with Gasteiger partial charge in [0.15, 0.2) is 5.82 Å². The Balaban J connectivity index is 1.51. The number of fused-ring (bicyclic) bond motifs is 4. The molecule has 0 atom stereocenters. The highest BCUT2D eigenvalue weighted by Gasteiger charge is 2.25. The monoisotopic (exact) mass is 535 g/mol. The van der Waals surface area contributed by atoms with E-state index in [2.05, 4.69) is 102 Å². The molecule has 4 nitrogen and oxygen atoms in total. The summed E-state index contributed by atoms with van der Waals surface area (Å²) in [5.74, 6) is 0.817. The lowest BCUT2D eigenvalue weighted by molar-refractivity contribution is 0.669. The van der Waals surface area contributed by atoms with Crippen LogP contribution in [0.5, 0.6) is 0 Å². The summed E-state index contributed by atoms with van der Waals surface area (Å²) in [6.45, 7) is 0. The van der Waals surface area contributed by atoms with Gasteiger partial charge in [0.2, 0.25) is 0 Å². The molecule has 0 unspecified atom stereocenters. The van der Waals surface area contributed by atoms with Crippen molar-refractivity contribution < 1.29 is 4.42 Å².